The maximum Gasteiger partial charge on any atom is 0.415 e. The van der Waals surface area contributed by atoms with Crippen molar-refractivity contribution >= 4 is 12.0 Å². The second-order valence-corrected chi connectivity index (χ2v) is 6.18. The minimum absolute atomic E-state index is 0.0188. The fourth-order valence-corrected chi connectivity index (χ4v) is 2.89. The lowest BCUT2D eigenvalue weighted by atomic mass is 10.1. The van der Waals surface area contributed by atoms with E-state index >= 15 is 0 Å². The van der Waals surface area contributed by atoms with Gasteiger partial charge in [-0.05, 0) is 36.2 Å². The van der Waals surface area contributed by atoms with Gasteiger partial charge in [-0.2, -0.15) is 0 Å². The summed E-state index contributed by atoms with van der Waals surface area (Å²) >= 11 is 0. The van der Waals surface area contributed by atoms with Crippen LogP contribution in [0, 0.1) is 5.82 Å². The maximum atomic E-state index is 13.2. The van der Waals surface area contributed by atoms with Crippen molar-refractivity contribution < 1.29 is 18.7 Å². The number of benzene rings is 2. The molecule has 1 saturated heterocycles. The molecule has 2 amide bonds. The molecule has 0 spiro atoms. The lowest BCUT2D eigenvalue weighted by Gasteiger charge is -2.34. The molecular formula is C20H21FN2O3. The van der Waals surface area contributed by atoms with E-state index in [0.717, 1.165) is 5.56 Å². The van der Waals surface area contributed by atoms with E-state index in [1.54, 1.807) is 40.1 Å². The number of nitrogens with zero attached hydrogens (tertiary/aromatic N) is 2. The minimum Gasteiger partial charge on any atom is -0.410 e. The second-order valence-electron chi connectivity index (χ2n) is 6.18. The normalized spacial score (nSPS) is 14.2. The lowest BCUT2D eigenvalue weighted by molar-refractivity contribution is -0.132. The van der Waals surface area contributed by atoms with Gasteiger partial charge in [0.25, 0.3) is 0 Å². The van der Waals surface area contributed by atoms with E-state index in [2.05, 4.69) is 0 Å². The van der Waals surface area contributed by atoms with Gasteiger partial charge >= 0.3 is 6.09 Å². The van der Waals surface area contributed by atoms with Gasteiger partial charge < -0.3 is 14.5 Å². The van der Waals surface area contributed by atoms with Crippen molar-refractivity contribution in [1.82, 2.24) is 9.80 Å². The lowest BCUT2D eigenvalue weighted by Crippen LogP contribution is -2.51. The molecule has 2 aromatic carbocycles. The first-order chi connectivity index (χ1) is 12.6. The fraction of sp³-hybridized carbons (Fsp3) is 0.300. The summed E-state index contributed by atoms with van der Waals surface area (Å²) in [6.45, 7) is 1.84. The van der Waals surface area contributed by atoms with E-state index in [4.69, 9.17) is 4.74 Å². The van der Waals surface area contributed by atoms with E-state index in [1.165, 1.54) is 12.1 Å². The summed E-state index contributed by atoms with van der Waals surface area (Å²) in [5.41, 5.74) is 0.809. The molecule has 6 heteroatoms. The van der Waals surface area contributed by atoms with Crippen LogP contribution in [0.4, 0.5) is 9.18 Å². The van der Waals surface area contributed by atoms with Crippen LogP contribution in [0.25, 0.3) is 0 Å². The summed E-state index contributed by atoms with van der Waals surface area (Å²) in [5.74, 6) is 0.233. The van der Waals surface area contributed by atoms with Gasteiger partial charge in [0.15, 0.2) is 0 Å². The number of ether oxygens (including phenoxy) is 1. The van der Waals surface area contributed by atoms with Gasteiger partial charge in [-0.25, -0.2) is 9.18 Å². The first kappa shape index (κ1) is 17.9. The molecule has 1 aliphatic heterocycles. The largest absolute Gasteiger partial charge is 0.415 e. The number of para-hydroxylation sites is 1. The monoisotopic (exact) mass is 356 g/mol. The van der Waals surface area contributed by atoms with Gasteiger partial charge in [-0.1, -0.05) is 30.3 Å². The highest BCUT2D eigenvalue weighted by atomic mass is 19.1. The van der Waals surface area contributed by atoms with E-state index < -0.39 is 6.09 Å². The molecule has 0 radical (unpaired) electrons. The summed E-state index contributed by atoms with van der Waals surface area (Å²) in [5, 5.41) is 0. The molecule has 0 unspecified atom stereocenters. The molecule has 0 aromatic heterocycles. The zero-order valence-electron chi connectivity index (χ0n) is 14.4. The Bertz CT molecular complexity index is 759. The van der Waals surface area contributed by atoms with Crippen LogP contribution in [0.5, 0.6) is 5.75 Å². The Kier molecular flexibility index (Phi) is 5.84. The van der Waals surface area contributed by atoms with Crippen molar-refractivity contribution in [3.05, 3.63) is 66.0 Å². The van der Waals surface area contributed by atoms with E-state index in [1.807, 2.05) is 12.1 Å². The van der Waals surface area contributed by atoms with Crippen molar-refractivity contribution in [2.24, 2.45) is 0 Å². The molecule has 1 fully saturated rings. The van der Waals surface area contributed by atoms with Crippen LogP contribution < -0.4 is 4.74 Å². The summed E-state index contributed by atoms with van der Waals surface area (Å²) in [7, 11) is 0. The number of aryl methyl sites for hydroxylation is 1. The molecular weight excluding hydrogens is 335 g/mol. The maximum absolute atomic E-state index is 13.2. The van der Waals surface area contributed by atoms with Crippen molar-refractivity contribution in [1.29, 1.82) is 0 Å². The zero-order chi connectivity index (χ0) is 18.4. The molecule has 2 aromatic rings. The number of carbonyl (C=O) groups is 2. The molecule has 5 nitrogen and oxygen atoms in total. The molecule has 0 atom stereocenters. The molecule has 26 heavy (non-hydrogen) atoms. The van der Waals surface area contributed by atoms with E-state index in [0.29, 0.717) is 44.8 Å². The van der Waals surface area contributed by atoms with Gasteiger partial charge in [-0.3, -0.25) is 4.79 Å². The van der Waals surface area contributed by atoms with Crippen molar-refractivity contribution in [3.63, 3.8) is 0 Å². The third-order valence-electron chi connectivity index (χ3n) is 4.36. The SMILES string of the molecule is O=C(CCc1cccc(F)c1)N1CCN(C(=O)Oc2ccccc2)CC1. The number of piperazine rings is 1. The Labute approximate surface area is 152 Å². The summed E-state index contributed by atoms with van der Waals surface area (Å²) in [6, 6.07) is 15.2. The Morgan fingerprint density at radius 3 is 2.31 bits per heavy atom. The van der Waals surface area contributed by atoms with Crippen LogP contribution in [-0.4, -0.2) is 48.0 Å². The summed E-state index contributed by atoms with van der Waals surface area (Å²) in [6.07, 6.45) is 0.438. The average molecular weight is 356 g/mol. The molecule has 1 aliphatic rings. The fourth-order valence-electron chi connectivity index (χ4n) is 2.89. The van der Waals surface area contributed by atoms with Crippen LogP contribution in [-0.2, 0) is 11.2 Å². The zero-order valence-corrected chi connectivity index (χ0v) is 14.4. The number of rotatable bonds is 4. The smallest absolute Gasteiger partial charge is 0.410 e. The number of halogens is 1. The van der Waals surface area contributed by atoms with Crippen LogP contribution >= 0.6 is 0 Å². The first-order valence-electron chi connectivity index (χ1n) is 8.66. The topological polar surface area (TPSA) is 49.9 Å². The third-order valence-corrected chi connectivity index (χ3v) is 4.36. The first-order valence-corrected chi connectivity index (χ1v) is 8.66. The minimum atomic E-state index is -0.400. The Morgan fingerprint density at radius 2 is 1.62 bits per heavy atom. The highest BCUT2D eigenvalue weighted by Crippen LogP contribution is 2.13. The number of hydrogen-bond acceptors (Lipinski definition) is 3. The number of amides is 2. The Balaban J connectivity index is 1.44. The molecule has 0 bridgehead atoms. The highest BCUT2D eigenvalue weighted by Gasteiger charge is 2.25. The molecule has 136 valence electrons. The van der Waals surface area contributed by atoms with Crippen LogP contribution in [0.15, 0.2) is 54.6 Å². The predicted octanol–water partition coefficient (Wildman–Crippen LogP) is 3.10. The van der Waals surface area contributed by atoms with E-state index in [-0.39, 0.29) is 11.7 Å². The summed E-state index contributed by atoms with van der Waals surface area (Å²) in [4.78, 5) is 27.8. The molecule has 0 N–H and O–H groups in total. The number of carbonyl (C=O) groups excluding carboxylic acids is 2. The quantitative estimate of drug-likeness (QED) is 0.846. The van der Waals surface area contributed by atoms with E-state index in [9.17, 15) is 14.0 Å². The van der Waals surface area contributed by atoms with Crippen LogP contribution in [0.1, 0.15) is 12.0 Å². The van der Waals surface area contributed by atoms with Crippen LogP contribution in [0.3, 0.4) is 0 Å². The molecule has 3 rings (SSSR count). The van der Waals surface area contributed by atoms with Crippen LogP contribution in [0.2, 0.25) is 0 Å². The van der Waals surface area contributed by atoms with Gasteiger partial charge in [0.2, 0.25) is 5.91 Å². The molecule has 0 saturated carbocycles. The highest BCUT2D eigenvalue weighted by molar-refractivity contribution is 5.77. The standard InChI is InChI=1S/C20H21FN2O3/c21-17-6-4-5-16(15-17)9-10-19(24)22-11-13-23(14-12-22)20(25)26-18-7-2-1-3-8-18/h1-8,15H,9-14H2. The van der Waals surface area contributed by atoms with Gasteiger partial charge in [0.1, 0.15) is 11.6 Å². The third kappa shape index (κ3) is 4.81. The van der Waals surface area contributed by atoms with Gasteiger partial charge in [-0.15, -0.1) is 0 Å². The molecule has 0 aliphatic carbocycles. The van der Waals surface area contributed by atoms with Gasteiger partial charge in [0.05, 0.1) is 0 Å². The average Bonchev–Trinajstić information content (AvgIpc) is 2.67. The van der Waals surface area contributed by atoms with Crippen molar-refractivity contribution in [3.8, 4) is 5.75 Å². The number of hydrogen-bond donors (Lipinski definition) is 0. The van der Waals surface area contributed by atoms with Gasteiger partial charge in [0, 0.05) is 32.6 Å². The van der Waals surface area contributed by atoms with Crippen molar-refractivity contribution in [2.45, 2.75) is 12.8 Å². The Hall–Kier alpha value is -2.89. The second kappa shape index (κ2) is 8.47. The predicted molar refractivity (Wildman–Crippen MR) is 95.3 cm³/mol. The molecule has 1 heterocycles. The Morgan fingerprint density at radius 1 is 0.923 bits per heavy atom. The summed E-state index contributed by atoms with van der Waals surface area (Å²) < 4.78 is 18.5. The van der Waals surface area contributed by atoms with Crippen molar-refractivity contribution in [2.75, 3.05) is 26.2 Å².